The average molecular weight is 405 g/mol. The molecular formula is C24H28N4O2. The number of likely N-dealkylation sites (tertiary alicyclic amines) is 1. The van der Waals surface area contributed by atoms with E-state index in [1.54, 1.807) is 0 Å². The van der Waals surface area contributed by atoms with Gasteiger partial charge >= 0.3 is 0 Å². The van der Waals surface area contributed by atoms with Gasteiger partial charge in [0.05, 0.1) is 6.04 Å². The van der Waals surface area contributed by atoms with Gasteiger partial charge in [-0.1, -0.05) is 48.0 Å². The summed E-state index contributed by atoms with van der Waals surface area (Å²) >= 11 is 0. The van der Waals surface area contributed by atoms with Crippen LogP contribution >= 0.6 is 0 Å². The normalized spacial score (nSPS) is 15.2. The second-order valence-corrected chi connectivity index (χ2v) is 7.84. The second kappa shape index (κ2) is 9.67. The first-order valence-electron chi connectivity index (χ1n) is 10.6. The molecule has 1 amide bonds. The van der Waals surface area contributed by atoms with Crippen LogP contribution in [0.1, 0.15) is 42.3 Å². The zero-order valence-electron chi connectivity index (χ0n) is 17.4. The van der Waals surface area contributed by atoms with E-state index in [4.69, 9.17) is 4.42 Å². The van der Waals surface area contributed by atoms with Crippen LogP contribution in [-0.4, -0.2) is 40.6 Å². The van der Waals surface area contributed by atoms with Crippen LogP contribution in [0.15, 0.2) is 59.0 Å². The topological polar surface area (TPSA) is 71.3 Å². The van der Waals surface area contributed by atoms with E-state index in [9.17, 15) is 4.79 Å². The molecule has 0 aliphatic carbocycles. The molecule has 1 aromatic heterocycles. The van der Waals surface area contributed by atoms with Gasteiger partial charge in [-0.25, -0.2) is 0 Å². The Morgan fingerprint density at radius 2 is 1.80 bits per heavy atom. The molecule has 30 heavy (non-hydrogen) atoms. The first kappa shape index (κ1) is 20.3. The van der Waals surface area contributed by atoms with Crippen molar-refractivity contribution in [2.75, 3.05) is 19.6 Å². The van der Waals surface area contributed by atoms with Crippen LogP contribution in [0.5, 0.6) is 0 Å². The van der Waals surface area contributed by atoms with Gasteiger partial charge in [-0.15, -0.1) is 10.2 Å². The minimum Gasteiger partial charge on any atom is -0.421 e. The molecule has 4 rings (SSSR count). The van der Waals surface area contributed by atoms with Crippen molar-refractivity contribution in [3.8, 4) is 11.5 Å². The Morgan fingerprint density at radius 3 is 2.53 bits per heavy atom. The van der Waals surface area contributed by atoms with Crippen molar-refractivity contribution >= 4 is 5.91 Å². The maximum Gasteiger partial charge on any atom is 0.247 e. The fourth-order valence-electron chi connectivity index (χ4n) is 3.87. The van der Waals surface area contributed by atoms with Gasteiger partial charge in [0.25, 0.3) is 0 Å². The largest absolute Gasteiger partial charge is 0.421 e. The Labute approximate surface area is 177 Å². The van der Waals surface area contributed by atoms with Crippen LogP contribution in [0.4, 0.5) is 0 Å². The lowest BCUT2D eigenvalue weighted by Gasteiger charge is -2.28. The maximum atomic E-state index is 12.5. The van der Waals surface area contributed by atoms with Gasteiger partial charge in [0.2, 0.25) is 17.7 Å². The number of carbonyl (C=O) groups excluding carboxylic acids is 1. The SMILES string of the molecule is Cc1ccc(-c2nnc(CCC(=O)NCC(c3ccccc3)N3CCCC3)o2)cc1. The van der Waals surface area contributed by atoms with Gasteiger partial charge in [-0.3, -0.25) is 9.69 Å². The van der Waals surface area contributed by atoms with Gasteiger partial charge < -0.3 is 9.73 Å². The minimum absolute atomic E-state index is 0.00483. The first-order valence-corrected chi connectivity index (χ1v) is 10.6. The summed E-state index contributed by atoms with van der Waals surface area (Å²) in [7, 11) is 0. The summed E-state index contributed by atoms with van der Waals surface area (Å²) in [4.78, 5) is 14.9. The number of benzene rings is 2. The highest BCUT2D eigenvalue weighted by Gasteiger charge is 2.23. The van der Waals surface area contributed by atoms with Crippen LogP contribution in [0.2, 0.25) is 0 Å². The monoisotopic (exact) mass is 404 g/mol. The molecule has 1 unspecified atom stereocenters. The lowest BCUT2D eigenvalue weighted by molar-refractivity contribution is -0.121. The molecule has 156 valence electrons. The lowest BCUT2D eigenvalue weighted by Crippen LogP contribution is -2.36. The minimum atomic E-state index is 0.00483. The number of nitrogens with one attached hydrogen (secondary N) is 1. The number of aromatic nitrogens is 2. The van der Waals surface area contributed by atoms with Crippen molar-refractivity contribution in [2.24, 2.45) is 0 Å². The molecule has 1 saturated heterocycles. The molecular weight excluding hydrogens is 376 g/mol. The van der Waals surface area contributed by atoms with E-state index in [2.05, 4.69) is 44.7 Å². The molecule has 3 aromatic rings. The van der Waals surface area contributed by atoms with Crippen molar-refractivity contribution in [1.82, 2.24) is 20.4 Å². The molecule has 2 heterocycles. The number of nitrogens with zero attached hydrogens (tertiary/aromatic N) is 3. The zero-order chi connectivity index (χ0) is 20.8. The Morgan fingerprint density at radius 1 is 1.07 bits per heavy atom. The average Bonchev–Trinajstić information content (AvgIpc) is 3.46. The molecule has 0 spiro atoms. The highest BCUT2D eigenvalue weighted by Crippen LogP contribution is 2.24. The third-order valence-electron chi connectivity index (χ3n) is 5.59. The van der Waals surface area contributed by atoms with Crippen LogP contribution in [-0.2, 0) is 11.2 Å². The Kier molecular flexibility index (Phi) is 6.54. The smallest absolute Gasteiger partial charge is 0.247 e. The van der Waals surface area contributed by atoms with Crippen molar-refractivity contribution in [2.45, 2.75) is 38.6 Å². The summed E-state index contributed by atoms with van der Waals surface area (Å²) in [5, 5.41) is 11.3. The quantitative estimate of drug-likeness (QED) is 0.616. The van der Waals surface area contributed by atoms with Gasteiger partial charge in [0, 0.05) is 24.9 Å². The molecule has 6 nitrogen and oxygen atoms in total. The molecule has 2 aromatic carbocycles. The fourth-order valence-corrected chi connectivity index (χ4v) is 3.87. The Bertz CT molecular complexity index is 947. The number of hydrogen-bond acceptors (Lipinski definition) is 5. The number of hydrogen-bond donors (Lipinski definition) is 1. The molecule has 0 saturated carbocycles. The van der Waals surface area contributed by atoms with Crippen LogP contribution < -0.4 is 5.32 Å². The fraction of sp³-hybridized carbons (Fsp3) is 0.375. The molecule has 0 radical (unpaired) electrons. The van der Waals surface area contributed by atoms with Gasteiger partial charge in [0.15, 0.2) is 0 Å². The van der Waals surface area contributed by atoms with Crippen LogP contribution in [0.3, 0.4) is 0 Å². The summed E-state index contributed by atoms with van der Waals surface area (Å²) in [6.45, 7) is 4.81. The van der Waals surface area contributed by atoms with E-state index < -0.39 is 0 Å². The molecule has 6 heteroatoms. The Balaban J connectivity index is 1.30. The van der Waals surface area contributed by atoms with Crippen LogP contribution in [0, 0.1) is 6.92 Å². The van der Waals surface area contributed by atoms with Crippen molar-refractivity contribution in [1.29, 1.82) is 0 Å². The highest BCUT2D eigenvalue weighted by molar-refractivity contribution is 5.76. The summed E-state index contributed by atoms with van der Waals surface area (Å²) in [5.74, 6) is 0.980. The number of amides is 1. The van der Waals surface area contributed by atoms with Crippen LogP contribution in [0.25, 0.3) is 11.5 Å². The van der Waals surface area contributed by atoms with E-state index in [0.717, 1.165) is 18.7 Å². The predicted octanol–water partition coefficient (Wildman–Crippen LogP) is 3.93. The number of aryl methyl sites for hydroxylation is 2. The van der Waals surface area contributed by atoms with Gasteiger partial charge in [-0.05, 0) is 50.6 Å². The van der Waals surface area contributed by atoms with E-state index in [1.165, 1.54) is 24.0 Å². The Hall–Kier alpha value is -2.99. The van der Waals surface area contributed by atoms with E-state index >= 15 is 0 Å². The molecule has 1 aliphatic heterocycles. The van der Waals surface area contributed by atoms with Gasteiger partial charge in [0.1, 0.15) is 0 Å². The van der Waals surface area contributed by atoms with E-state index in [-0.39, 0.29) is 11.9 Å². The second-order valence-electron chi connectivity index (χ2n) is 7.84. The molecule has 0 bridgehead atoms. The zero-order valence-corrected chi connectivity index (χ0v) is 17.4. The first-order chi connectivity index (χ1) is 14.7. The number of rotatable bonds is 8. The number of carbonyl (C=O) groups is 1. The third-order valence-corrected chi connectivity index (χ3v) is 5.59. The summed E-state index contributed by atoms with van der Waals surface area (Å²) in [6, 6.07) is 18.6. The van der Waals surface area contributed by atoms with Crippen molar-refractivity contribution < 1.29 is 9.21 Å². The maximum absolute atomic E-state index is 12.5. The molecule has 1 atom stereocenters. The third kappa shape index (κ3) is 5.13. The van der Waals surface area contributed by atoms with Crippen molar-refractivity contribution in [3.05, 3.63) is 71.6 Å². The standard InChI is InChI=1S/C24H28N4O2/c1-18-9-11-20(12-10-18)24-27-26-23(30-24)14-13-22(29)25-17-21(28-15-5-6-16-28)19-7-3-2-4-8-19/h2-4,7-12,21H,5-6,13-17H2,1H3,(H,25,29). The summed E-state index contributed by atoms with van der Waals surface area (Å²) in [6.07, 6.45) is 3.21. The highest BCUT2D eigenvalue weighted by atomic mass is 16.4. The summed E-state index contributed by atoms with van der Waals surface area (Å²) in [5.41, 5.74) is 3.32. The van der Waals surface area contributed by atoms with Gasteiger partial charge in [-0.2, -0.15) is 0 Å². The van der Waals surface area contributed by atoms with E-state index in [0.29, 0.717) is 31.2 Å². The summed E-state index contributed by atoms with van der Waals surface area (Å²) < 4.78 is 5.73. The lowest BCUT2D eigenvalue weighted by atomic mass is 10.1. The predicted molar refractivity (Wildman–Crippen MR) is 116 cm³/mol. The van der Waals surface area contributed by atoms with E-state index in [1.807, 2.05) is 37.3 Å². The molecule has 1 fully saturated rings. The molecule has 1 N–H and O–H groups in total. The molecule has 1 aliphatic rings. The van der Waals surface area contributed by atoms with Crippen molar-refractivity contribution in [3.63, 3.8) is 0 Å².